The number of carbonyl (C=O) groups is 2. The van der Waals surface area contributed by atoms with Crippen molar-refractivity contribution >= 4 is 11.9 Å². The Labute approximate surface area is 122 Å². The molecule has 0 aromatic rings. The molecule has 3 saturated heterocycles. The van der Waals surface area contributed by atoms with E-state index in [4.69, 9.17) is 14.2 Å². The van der Waals surface area contributed by atoms with Gasteiger partial charge in [0.15, 0.2) is 0 Å². The van der Waals surface area contributed by atoms with Crippen LogP contribution in [0, 0.1) is 16.7 Å². The summed E-state index contributed by atoms with van der Waals surface area (Å²) in [5.41, 5.74) is -3.15. The predicted molar refractivity (Wildman–Crippen MR) is 69.1 cm³/mol. The number of aliphatic hydroxyl groups is 1. The summed E-state index contributed by atoms with van der Waals surface area (Å²) in [5.74, 6) is -1.06. The summed E-state index contributed by atoms with van der Waals surface area (Å²) < 4.78 is 17.1. The maximum Gasteiger partial charge on any atom is 0.312 e. The van der Waals surface area contributed by atoms with Gasteiger partial charge >= 0.3 is 11.9 Å². The van der Waals surface area contributed by atoms with E-state index in [0.29, 0.717) is 0 Å². The molecule has 4 aliphatic rings. The van der Waals surface area contributed by atoms with Crippen LogP contribution in [0.25, 0.3) is 0 Å². The summed E-state index contributed by atoms with van der Waals surface area (Å²) in [7, 11) is 0. The van der Waals surface area contributed by atoms with Gasteiger partial charge in [-0.05, 0) is 6.92 Å². The first-order chi connectivity index (χ1) is 9.70. The molecule has 0 aromatic heterocycles. The van der Waals surface area contributed by atoms with Crippen molar-refractivity contribution in [3.05, 3.63) is 0 Å². The van der Waals surface area contributed by atoms with Crippen LogP contribution in [0.3, 0.4) is 0 Å². The standard InChI is InChI=1S/C15H20O6/c1-12-7-19-11(18)8(12)6-20-14(3)9(16)4-15(12)13(14,2)5-10(17)21-15/h8-9,16H,4-7H2,1-3H3/t8?,9-,12?,13-,14?,15-/m0/s1. The lowest BCUT2D eigenvalue weighted by molar-refractivity contribution is -0.174. The van der Waals surface area contributed by atoms with E-state index in [9.17, 15) is 14.7 Å². The maximum atomic E-state index is 12.1. The highest BCUT2D eigenvalue weighted by molar-refractivity contribution is 5.79. The average molecular weight is 296 g/mol. The lowest BCUT2D eigenvalue weighted by atomic mass is 9.56. The first-order valence-corrected chi connectivity index (χ1v) is 7.41. The molecule has 3 unspecified atom stereocenters. The Balaban J connectivity index is 1.98. The molecule has 21 heavy (non-hydrogen) atoms. The van der Waals surface area contributed by atoms with Crippen LogP contribution < -0.4 is 0 Å². The van der Waals surface area contributed by atoms with Crippen molar-refractivity contribution in [1.29, 1.82) is 0 Å². The first kappa shape index (κ1) is 13.5. The second-order valence-electron chi connectivity index (χ2n) is 7.53. The van der Waals surface area contributed by atoms with Crippen LogP contribution in [0.5, 0.6) is 0 Å². The molecule has 0 amide bonds. The minimum Gasteiger partial charge on any atom is -0.465 e. The van der Waals surface area contributed by atoms with E-state index in [1.54, 1.807) is 0 Å². The third-order valence-electron chi connectivity index (χ3n) is 6.93. The van der Waals surface area contributed by atoms with Crippen LogP contribution in [-0.2, 0) is 23.8 Å². The van der Waals surface area contributed by atoms with Crippen molar-refractivity contribution in [2.75, 3.05) is 13.2 Å². The van der Waals surface area contributed by atoms with Gasteiger partial charge in [-0.2, -0.15) is 0 Å². The summed E-state index contributed by atoms with van der Waals surface area (Å²) in [6, 6.07) is 0. The zero-order chi connectivity index (χ0) is 15.3. The van der Waals surface area contributed by atoms with Crippen molar-refractivity contribution in [3.8, 4) is 0 Å². The van der Waals surface area contributed by atoms with E-state index in [1.807, 2.05) is 20.8 Å². The zero-order valence-electron chi connectivity index (χ0n) is 12.5. The van der Waals surface area contributed by atoms with Crippen LogP contribution in [0.2, 0.25) is 0 Å². The fraction of sp³-hybridized carbons (Fsp3) is 0.867. The molecule has 0 aromatic carbocycles. The summed E-state index contributed by atoms with van der Waals surface area (Å²) in [6.07, 6.45) is -0.254. The largest absolute Gasteiger partial charge is 0.465 e. The number of rotatable bonds is 0. The molecule has 3 heterocycles. The molecule has 3 aliphatic heterocycles. The Bertz CT molecular complexity index is 560. The third-order valence-corrected chi connectivity index (χ3v) is 6.93. The Morgan fingerprint density at radius 2 is 1.95 bits per heavy atom. The highest BCUT2D eigenvalue weighted by Crippen LogP contribution is 2.71. The fourth-order valence-corrected chi connectivity index (χ4v) is 5.28. The minimum atomic E-state index is -0.918. The first-order valence-electron chi connectivity index (χ1n) is 7.41. The van der Waals surface area contributed by atoms with Gasteiger partial charge in [-0.25, -0.2) is 0 Å². The number of carbonyl (C=O) groups excluding carboxylic acids is 2. The SMILES string of the molecule is CC12OCC3C(=O)OCC3(C)[C@]3(C[C@@H]1O)OC(=O)C[C@@]23C. The monoisotopic (exact) mass is 296 g/mol. The second kappa shape index (κ2) is 3.43. The van der Waals surface area contributed by atoms with Crippen LogP contribution >= 0.6 is 0 Å². The van der Waals surface area contributed by atoms with Gasteiger partial charge in [-0.3, -0.25) is 9.59 Å². The van der Waals surface area contributed by atoms with E-state index in [-0.39, 0.29) is 38.0 Å². The van der Waals surface area contributed by atoms with Gasteiger partial charge in [0.1, 0.15) is 17.8 Å². The van der Waals surface area contributed by atoms with Crippen molar-refractivity contribution in [1.82, 2.24) is 0 Å². The minimum absolute atomic E-state index is 0.192. The normalized spacial score (nSPS) is 58.3. The quantitative estimate of drug-likeness (QED) is 0.652. The summed E-state index contributed by atoms with van der Waals surface area (Å²) in [4.78, 5) is 24.2. The molecule has 6 nitrogen and oxygen atoms in total. The van der Waals surface area contributed by atoms with Crippen LogP contribution in [0.1, 0.15) is 33.6 Å². The highest BCUT2D eigenvalue weighted by Gasteiger charge is 2.83. The number of hydrogen-bond donors (Lipinski definition) is 1. The molecule has 116 valence electrons. The number of ether oxygens (including phenoxy) is 3. The van der Waals surface area contributed by atoms with Crippen LogP contribution in [-0.4, -0.2) is 47.6 Å². The molecule has 0 spiro atoms. The van der Waals surface area contributed by atoms with Crippen LogP contribution in [0.4, 0.5) is 0 Å². The molecule has 4 rings (SSSR count). The van der Waals surface area contributed by atoms with Gasteiger partial charge in [0.25, 0.3) is 0 Å². The Morgan fingerprint density at radius 1 is 1.24 bits per heavy atom. The molecule has 1 aliphatic carbocycles. The van der Waals surface area contributed by atoms with Gasteiger partial charge in [0, 0.05) is 11.8 Å². The van der Waals surface area contributed by atoms with Gasteiger partial charge < -0.3 is 19.3 Å². The van der Waals surface area contributed by atoms with E-state index in [1.165, 1.54) is 0 Å². The number of fused-ring (bicyclic) bond motifs is 1. The van der Waals surface area contributed by atoms with Crippen molar-refractivity contribution < 1.29 is 28.9 Å². The van der Waals surface area contributed by atoms with Crippen LogP contribution in [0.15, 0.2) is 0 Å². The van der Waals surface area contributed by atoms with Gasteiger partial charge in [-0.15, -0.1) is 0 Å². The van der Waals surface area contributed by atoms with E-state index in [0.717, 1.165) is 0 Å². The number of cyclic esters (lactones) is 1. The smallest absolute Gasteiger partial charge is 0.312 e. The summed E-state index contributed by atoms with van der Waals surface area (Å²) in [5, 5.41) is 10.6. The molecule has 6 atom stereocenters. The van der Waals surface area contributed by atoms with E-state index >= 15 is 0 Å². The zero-order valence-corrected chi connectivity index (χ0v) is 12.5. The number of aliphatic hydroxyl groups excluding tert-OH is 1. The molecular weight excluding hydrogens is 276 g/mol. The molecule has 2 bridgehead atoms. The van der Waals surface area contributed by atoms with E-state index in [2.05, 4.69) is 0 Å². The average Bonchev–Trinajstić information content (AvgIpc) is 2.87. The van der Waals surface area contributed by atoms with Crippen molar-refractivity contribution in [2.45, 2.75) is 50.9 Å². The lowest BCUT2D eigenvalue weighted by Gasteiger charge is -2.48. The third kappa shape index (κ3) is 1.13. The Hall–Kier alpha value is -1.14. The molecule has 4 fully saturated rings. The fourth-order valence-electron chi connectivity index (χ4n) is 5.28. The predicted octanol–water partition coefficient (Wildman–Crippen LogP) is 0.411. The maximum absolute atomic E-state index is 12.1. The molecular formula is C15H20O6. The van der Waals surface area contributed by atoms with Gasteiger partial charge in [-0.1, -0.05) is 13.8 Å². The Morgan fingerprint density at radius 3 is 2.67 bits per heavy atom. The molecule has 6 heteroatoms. The van der Waals surface area contributed by atoms with Crippen molar-refractivity contribution in [2.24, 2.45) is 16.7 Å². The summed E-state index contributed by atoms with van der Waals surface area (Å²) >= 11 is 0. The van der Waals surface area contributed by atoms with Gasteiger partial charge in [0.05, 0.1) is 30.5 Å². The number of esters is 2. The van der Waals surface area contributed by atoms with E-state index < -0.39 is 34.1 Å². The topological polar surface area (TPSA) is 82.1 Å². The lowest BCUT2D eigenvalue weighted by Crippen LogP contribution is -2.58. The van der Waals surface area contributed by atoms with Crippen molar-refractivity contribution in [3.63, 3.8) is 0 Å². The molecule has 1 saturated carbocycles. The Kier molecular flexibility index (Phi) is 2.21. The number of hydrogen-bond acceptors (Lipinski definition) is 6. The molecule has 0 radical (unpaired) electrons. The highest BCUT2D eigenvalue weighted by atomic mass is 16.6. The molecule has 1 N–H and O–H groups in total. The van der Waals surface area contributed by atoms with Gasteiger partial charge in [0.2, 0.25) is 0 Å². The second-order valence-corrected chi connectivity index (χ2v) is 7.53. The summed E-state index contributed by atoms with van der Waals surface area (Å²) in [6.45, 7) is 6.08.